The van der Waals surface area contributed by atoms with E-state index in [9.17, 15) is 0 Å². The Morgan fingerprint density at radius 3 is 1.65 bits per heavy atom. The minimum atomic E-state index is 0. The quantitative estimate of drug-likeness (QED) is 0.756. The Hall–Kier alpha value is -0.609. The molecule has 17 heavy (non-hydrogen) atoms. The third kappa shape index (κ3) is 6.64. The molecule has 2 nitrogen and oxygen atoms in total. The fourth-order valence-electron chi connectivity index (χ4n) is 1.15. The van der Waals surface area contributed by atoms with Gasteiger partial charge in [0.05, 0.1) is 0 Å². The molecule has 0 spiro atoms. The number of phenolic OH excluding ortho intramolecular Hbond substituents is 2. The summed E-state index contributed by atoms with van der Waals surface area (Å²) in [7, 11) is 0. The summed E-state index contributed by atoms with van der Waals surface area (Å²) in [5, 5.41) is 17.6. The molecule has 0 fully saturated rings. The van der Waals surface area contributed by atoms with Crippen LogP contribution in [0.2, 0.25) is 0 Å². The summed E-state index contributed by atoms with van der Waals surface area (Å²) in [5.74, 6) is 0.667. The standard InChI is InChI=1S/C8H10O.C6H6O.Nd/c1-6-3-4-8(9)5-7(6)2;7-6-4-2-1-3-5-6;/h3-5,9H,1-2H3;1-5,7H;. The van der Waals surface area contributed by atoms with E-state index in [2.05, 4.69) is 0 Å². The van der Waals surface area contributed by atoms with Gasteiger partial charge >= 0.3 is 0 Å². The van der Waals surface area contributed by atoms with Crippen LogP contribution in [-0.4, -0.2) is 10.2 Å². The van der Waals surface area contributed by atoms with Crippen molar-refractivity contribution in [2.24, 2.45) is 0 Å². The first kappa shape index (κ1) is 16.4. The molecule has 0 aromatic heterocycles. The minimum absolute atomic E-state index is 0. The normalized spacial score (nSPS) is 8.59. The molecule has 2 rings (SSSR count). The average molecular weight is 361 g/mol. The summed E-state index contributed by atoms with van der Waals surface area (Å²) < 4.78 is 0. The number of aryl methyl sites for hydroxylation is 2. The molecular formula is C14H16NdO2. The maximum Gasteiger partial charge on any atom is 0.115 e. The zero-order valence-corrected chi connectivity index (χ0v) is 13.2. The first-order chi connectivity index (χ1) is 7.59. The van der Waals surface area contributed by atoms with Crippen molar-refractivity contribution in [2.75, 3.05) is 0 Å². The van der Waals surface area contributed by atoms with Crippen LogP contribution in [0.1, 0.15) is 11.1 Å². The van der Waals surface area contributed by atoms with Crippen molar-refractivity contribution >= 4 is 0 Å². The molecule has 2 N–H and O–H groups in total. The number of hydrogen-bond donors (Lipinski definition) is 2. The molecule has 0 heterocycles. The third-order valence-electron chi connectivity index (χ3n) is 2.25. The molecular weight excluding hydrogens is 344 g/mol. The van der Waals surface area contributed by atoms with Gasteiger partial charge < -0.3 is 10.2 Å². The number of rotatable bonds is 0. The Morgan fingerprint density at radius 2 is 1.29 bits per heavy atom. The van der Waals surface area contributed by atoms with Crippen LogP contribution in [0.25, 0.3) is 0 Å². The van der Waals surface area contributed by atoms with Gasteiger partial charge in [-0.2, -0.15) is 0 Å². The molecule has 0 amide bonds. The summed E-state index contributed by atoms with van der Waals surface area (Å²) in [6, 6.07) is 14.1. The van der Waals surface area contributed by atoms with Gasteiger partial charge in [-0.1, -0.05) is 24.3 Å². The Kier molecular flexibility index (Phi) is 8.17. The summed E-state index contributed by atoms with van der Waals surface area (Å²) >= 11 is 0. The van der Waals surface area contributed by atoms with Crippen molar-refractivity contribution < 1.29 is 51.1 Å². The van der Waals surface area contributed by atoms with E-state index in [1.165, 1.54) is 5.56 Å². The number of aromatic hydroxyl groups is 2. The maximum atomic E-state index is 8.94. The number of hydrogen-bond acceptors (Lipinski definition) is 2. The van der Waals surface area contributed by atoms with E-state index in [4.69, 9.17) is 10.2 Å². The van der Waals surface area contributed by atoms with Gasteiger partial charge in [0, 0.05) is 40.8 Å². The monoisotopic (exact) mass is 358 g/mol. The maximum absolute atomic E-state index is 8.94. The molecule has 0 aliphatic heterocycles. The molecule has 0 aliphatic rings. The Balaban J connectivity index is 0.000000292. The van der Waals surface area contributed by atoms with Crippen LogP contribution < -0.4 is 0 Å². The van der Waals surface area contributed by atoms with Gasteiger partial charge in [0.1, 0.15) is 11.5 Å². The van der Waals surface area contributed by atoms with E-state index in [1.54, 1.807) is 36.4 Å². The van der Waals surface area contributed by atoms with E-state index in [0.717, 1.165) is 5.56 Å². The van der Waals surface area contributed by atoms with Crippen LogP contribution in [0.4, 0.5) is 0 Å². The van der Waals surface area contributed by atoms with Crippen molar-refractivity contribution in [1.29, 1.82) is 0 Å². The molecule has 2 aromatic rings. The second-order valence-corrected chi connectivity index (χ2v) is 3.60. The van der Waals surface area contributed by atoms with Crippen molar-refractivity contribution in [2.45, 2.75) is 13.8 Å². The summed E-state index contributed by atoms with van der Waals surface area (Å²) in [6.07, 6.45) is 0. The predicted octanol–water partition coefficient (Wildman–Crippen LogP) is 3.40. The zero-order valence-electron chi connectivity index (χ0n) is 10.0. The molecule has 0 atom stereocenters. The first-order valence-corrected chi connectivity index (χ1v) is 5.10. The largest absolute Gasteiger partial charge is 0.508 e. The van der Waals surface area contributed by atoms with Crippen molar-refractivity contribution in [3.63, 3.8) is 0 Å². The van der Waals surface area contributed by atoms with Gasteiger partial charge in [0.2, 0.25) is 0 Å². The van der Waals surface area contributed by atoms with Gasteiger partial charge in [-0.05, 0) is 49.2 Å². The molecule has 3 heteroatoms. The van der Waals surface area contributed by atoms with E-state index in [0.29, 0.717) is 11.5 Å². The molecule has 0 aliphatic carbocycles. The second kappa shape index (κ2) is 8.48. The van der Waals surface area contributed by atoms with Gasteiger partial charge in [-0.15, -0.1) is 0 Å². The Bertz CT molecular complexity index is 441. The fraction of sp³-hybridized carbons (Fsp3) is 0.143. The number of benzene rings is 2. The third-order valence-corrected chi connectivity index (χ3v) is 2.25. The second-order valence-electron chi connectivity index (χ2n) is 3.60. The number of phenols is 2. The Morgan fingerprint density at radius 1 is 0.706 bits per heavy atom. The van der Waals surface area contributed by atoms with Gasteiger partial charge in [-0.3, -0.25) is 0 Å². The molecule has 0 radical (unpaired) electrons. The average Bonchev–Trinajstić information content (AvgIpc) is 2.26. The van der Waals surface area contributed by atoms with Crippen LogP contribution in [0.15, 0.2) is 48.5 Å². The SMILES string of the molecule is Cc1ccc(O)cc1C.Oc1ccccc1.[Nd]. The van der Waals surface area contributed by atoms with Crippen LogP contribution >= 0.6 is 0 Å². The van der Waals surface area contributed by atoms with Crippen LogP contribution in [-0.2, 0) is 0 Å². The molecule has 0 unspecified atom stereocenters. The molecule has 0 bridgehead atoms. The van der Waals surface area contributed by atoms with Crippen molar-refractivity contribution in [3.8, 4) is 11.5 Å². The zero-order chi connectivity index (χ0) is 12.0. The summed E-state index contributed by atoms with van der Waals surface area (Å²) in [4.78, 5) is 0. The molecule has 0 saturated heterocycles. The molecule has 0 saturated carbocycles. The van der Waals surface area contributed by atoms with Gasteiger partial charge in [0.25, 0.3) is 0 Å². The van der Waals surface area contributed by atoms with Gasteiger partial charge in [0.15, 0.2) is 0 Å². The fourth-order valence-corrected chi connectivity index (χ4v) is 1.15. The van der Waals surface area contributed by atoms with E-state index in [-0.39, 0.29) is 40.8 Å². The molecule has 2 aromatic carbocycles. The molecule has 88 valence electrons. The van der Waals surface area contributed by atoms with E-state index < -0.39 is 0 Å². The topological polar surface area (TPSA) is 40.5 Å². The summed E-state index contributed by atoms with van der Waals surface area (Å²) in [5.41, 5.74) is 2.35. The minimum Gasteiger partial charge on any atom is -0.508 e. The van der Waals surface area contributed by atoms with Gasteiger partial charge in [-0.25, -0.2) is 0 Å². The summed E-state index contributed by atoms with van der Waals surface area (Å²) in [6.45, 7) is 4.00. The van der Waals surface area contributed by atoms with Crippen molar-refractivity contribution in [3.05, 3.63) is 59.7 Å². The van der Waals surface area contributed by atoms with E-state index in [1.807, 2.05) is 26.0 Å². The Labute approximate surface area is 135 Å². The van der Waals surface area contributed by atoms with Crippen molar-refractivity contribution in [1.82, 2.24) is 0 Å². The van der Waals surface area contributed by atoms with Crippen LogP contribution in [0.3, 0.4) is 0 Å². The van der Waals surface area contributed by atoms with Crippen LogP contribution in [0.5, 0.6) is 11.5 Å². The van der Waals surface area contributed by atoms with Crippen LogP contribution in [0, 0.1) is 54.7 Å². The predicted molar refractivity (Wildman–Crippen MR) is 65.7 cm³/mol. The number of para-hydroxylation sites is 1. The smallest absolute Gasteiger partial charge is 0.115 e. The first-order valence-electron chi connectivity index (χ1n) is 5.10. The van der Waals surface area contributed by atoms with E-state index >= 15 is 0 Å².